The third-order valence-electron chi connectivity index (χ3n) is 0. The third kappa shape index (κ3) is 2760. The first-order chi connectivity index (χ1) is 1.73. The summed E-state index contributed by atoms with van der Waals surface area (Å²) in [4.78, 5) is 8.25. The average molecular weight is 131 g/mol. The number of hydrogen-bond donors (Lipinski definition) is 0. The molecular weight excluding hydrogens is 128 g/mol. The van der Waals surface area contributed by atoms with Crippen molar-refractivity contribution in [3.8, 4) is 0 Å². The Hall–Kier alpha value is 0.250. The molecule has 0 amide bonds. The molecule has 0 aliphatic carbocycles. The van der Waals surface area contributed by atoms with Crippen molar-refractivity contribution >= 4 is 17.4 Å². The van der Waals surface area contributed by atoms with Crippen molar-refractivity contribution in [2.45, 2.75) is 0 Å². The van der Waals surface area contributed by atoms with E-state index >= 15 is 0 Å². The Balaban J connectivity index is -0.00000000750. The van der Waals surface area contributed by atoms with Crippen LogP contribution in [-0.4, -0.2) is 33.4 Å². The van der Waals surface area contributed by atoms with Crippen LogP contribution in [0, 0.1) is 15.3 Å². The van der Waals surface area contributed by atoms with E-state index in [4.69, 9.17) is 15.3 Å². The van der Waals surface area contributed by atoms with E-state index in [0.717, 1.165) is 0 Å². The van der Waals surface area contributed by atoms with Gasteiger partial charge in [0.15, 0.2) is 0 Å². The molecule has 3 N–H and O–H groups in total. The molecule has 0 atom stereocenters. The molecule has 0 aromatic heterocycles. The Bertz CT molecular complexity index is 35.4. The fourth-order valence-corrected chi connectivity index (χ4v) is 0. The number of rotatable bonds is 0. The van der Waals surface area contributed by atoms with Gasteiger partial charge in [-0.1, -0.05) is 0 Å². The van der Waals surface area contributed by atoms with E-state index in [-0.39, 0.29) is 47.2 Å². The van der Waals surface area contributed by atoms with Crippen molar-refractivity contribution in [2.24, 2.45) is 0 Å². The summed E-state index contributed by atoms with van der Waals surface area (Å²) in [5.41, 5.74) is 0. The van der Waals surface area contributed by atoms with E-state index in [2.05, 4.69) is 0 Å². The molecule has 0 aromatic carbocycles. The molecular formula is H3AlLiNO5-. The zero-order chi connectivity index (χ0) is 3.58. The number of nitrogens with zero attached hydrogens (tertiary/aromatic N) is 1. The van der Waals surface area contributed by atoms with Crippen LogP contribution in [0.1, 0.15) is 0 Å². The van der Waals surface area contributed by atoms with Gasteiger partial charge >= 0.3 is 18.9 Å². The molecule has 0 unspecified atom stereocenters. The van der Waals surface area contributed by atoms with Crippen molar-refractivity contribution in [3.05, 3.63) is 15.3 Å². The molecule has 0 aliphatic rings. The fraction of sp³-hybridized carbons (Fsp3) is 0. The second kappa shape index (κ2) is 26.8. The minimum Gasteiger partial charge on any atom is -0.870 e. The van der Waals surface area contributed by atoms with Gasteiger partial charge in [-0.05, 0) is 0 Å². The summed E-state index contributed by atoms with van der Waals surface area (Å²) in [7, 11) is 0. The second-order valence-electron chi connectivity index (χ2n) is 0.224. The van der Waals surface area contributed by atoms with Gasteiger partial charge in [0.2, 0.25) is 0 Å². The van der Waals surface area contributed by atoms with Gasteiger partial charge in [0.25, 0.3) is 0 Å². The summed E-state index contributed by atoms with van der Waals surface area (Å²) in [5, 5.41) is 14.8. The van der Waals surface area contributed by atoms with Crippen molar-refractivity contribution in [1.82, 2.24) is 0 Å². The van der Waals surface area contributed by atoms with Crippen LogP contribution in [0.2, 0.25) is 0 Å². The molecule has 0 spiro atoms. The molecule has 0 heterocycles. The molecule has 0 aliphatic heterocycles. The molecule has 0 bridgehead atoms. The van der Waals surface area contributed by atoms with E-state index in [1.165, 1.54) is 0 Å². The summed E-state index contributed by atoms with van der Waals surface area (Å²) in [5.74, 6) is 0. The van der Waals surface area contributed by atoms with Crippen LogP contribution in [0.25, 0.3) is 0 Å². The summed E-state index contributed by atoms with van der Waals surface area (Å²) in [6.45, 7) is 0. The minimum atomic E-state index is -1.75. The first kappa shape index (κ1) is 41.1. The standard InChI is InChI=1S/Al.Li.NO3.2H2O/c;;2-1(3)4;;/h;;;2*1H2/q;+1;-1;;/p-1. The predicted octanol–water partition coefficient (Wildman–Crippen LogP) is -4.62. The van der Waals surface area contributed by atoms with Gasteiger partial charge in [-0.25, -0.2) is 0 Å². The van der Waals surface area contributed by atoms with E-state index in [0.29, 0.717) is 0 Å². The molecule has 8 heteroatoms. The van der Waals surface area contributed by atoms with E-state index in [1.807, 2.05) is 0 Å². The van der Waals surface area contributed by atoms with Crippen molar-refractivity contribution in [3.63, 3.8) is 0 Å². The van der Waals surface area contributed by atoms with Gasteiger partial charge in [-0.15, -0.1) is 0 Å². The topological polar surface area (TPSA) is 128 Å². The molecule has 3 radical (unpaired) electrons. The Morgan fingerprint density at radius 3 is 1.25 bits per heavy atom. The second-order valence-corrected chi connectivity index (χ2v) is 0.224. The molecule has 0 saturated heterocycles. The van der Waals surface area contributed by atoms with Gasteiger partial charge in [0.1, 0.15) is 0 Å². The van der Waals surface area contributed by atoms with Crippen molar-refractivity contribution in [2.75, 3.05) is 0 Å². The molecule has 0 aromatic rings. The normalized spacial score (nSPS) is 3.00. The maximum atomic E-state index is 8.25. The Labute approximate surface area is 67.9 Å². The largest absolute Gasteiger partial charge is 1.00 e. The van der Waals surface area contributed by atoms with Crippen LogP contribution in [0.15, 0.2) is 0 Å². The Morgan fingerprint density at radius 2 is 1.25 bits per heavy atom. The number of hydrogen-bond acceptors (Lipinski definition) is 4. The van der Waals surface area contributed by atoms with Crippen molar-refractivity contribution in [1.29, 1.82) is 0 Å². The van der Waals surface area contributed by atoms with E-state index < -0.39 is 5.09 Å². The first-order valence-corrected chi connectivity index (χ1v) is 0.548. The van der Waals surface area contributed by atoms with E-state index in [1.54, 1.807) is 0 Å². The molecule has 8 heavy (non-hydrogen) atoms. The van der Waals surface area contributed by atoms with Crippen LogP contribution in [0.4, 0.5) is 0 Å². The van der Waals surface area contributed by atoms with Gasteiger partial charge in [0.05, 0.1) is 5.09 Å². The van der Waals surface area contributed by atoms with Crippen LogP contribution in [0.5, 0.6) is 0 Å². The van der Waals surface area contributed by atoms with Crippen LogP contribution < -0.4 is 18.9 Å². The molecule has 0 saturated carbocycles. The average Bonchev–Trinajstić information content (AvgIpc) is 0.811. The summed E-state index contributed by atoms with van der Waals surface area (Å²) in [6.07, 6.45) is 0. The Morgan fingerprint density at radius 1 is 1.25 bits per heavy atom. The van der Waals surface area contributed by atoms with Gasteiger partial charge in [0, 0.05) is 17.4 Å². The van der Waals surface area contributed by atoms with Crippen LogP contribution in [-0.2, 0) is 0 Å². The van der Waals surface area contributed by atoms with Crippen molar-refractivity contribution < 1.29 is 34.9 Å². The zero-order valence-corrected chi connectivity index (χ0v) is 5.35. The van der Waals surface area contributed by atoms with E-state index in [9.17, 15) is 0 Å². The minimum absolute atomic E-state index is 0. The quantitative estimate of drug-likeness (QED) is 0.186. The zero-order valence-electron chi connectivity index (χ0n) is 4.20. The molecule has 43 valence electrons. The third-order valence-corrected chi connectivity index (χ3v) is 0. The van der Waals surface area contributed by atoms with Gasteiger partial charge in [-0.2, -0.15) is 0 Å². The summed E-state index contributed by atoms with van der Waals surface area (Å²) >= 11 is 0. The van der Waals surface area contributed by atoms with Crippen LogP contribution >= 0.6 is 0 Å². The van der Waals surface area contributed by atoms with Gasteiger partial charge in [-0.3, -0.25) is 0 Å². The summed E-state index contributed by atoms with van der Waals surface area (Å²) in [6, 6.07) is 0. The molecule has 0 rings (SSSR count). The maximum Gasteiger partial charge on any atom is 1.00 e. The fourth-order valence-electron chi connectivity index (χ4n) is 0. The monoisotopic (exact) mass is 131 g/mol. The SMILES string of the molecule is O.O=[N+]([O-])[O-].[Al].[Li+].[OH-]. The van der Waals surface area contributed by atoms with Gasteiger partial charge < -0.3 is 26.3 Å². The molecule has 6 nitrogen and oxygen atoms in total. The predicted molar refractivity (Wildman–Crippen MR) is 21.7 cm³/mol. The Kier molecular flexibility index (Phi) is 138. The summed E-state index contributed by atoms with van der Waals surface area (Å²) < 4.78 is 0. The maximum absolute atomic E-state index is 8.25. The smallest absolute Gasteiger partial charge is 0.870 e. The first-order valence-electron chi connectivity index (χ1n) is 0.548. The molecule has 0 fully saturated rings. The van der Waals surface area contributed by atoms with Crippen LogP contribution in [0.3, 0.4) is 0 Å².